The van der Waals surface area contributed by atoms with E-state index < -0.39 is 27.9 Å². The number of Topliss-reactive ketones (excluding diaryl/α,β-unsaturated/α-hetero) is 3. The molecule has 2 bridgehead atoms. The minimum atomic E-state index is -1.83. The zero-order chi connectivity index (χ0) is 39.6. The second-order valence-corrected chi connectivity index (χ2v) is 18.5. The van der Waals surface area contributed by atoms with Crippen molar-refractivity contribution in [3.8, 4) is 0 Å². The molecule has 5 atom stereocenters. The molecule has 4 aliphatic rings. The van der Waals surface area contributed by atoms with Crippen LogP contribution in [0.15, 0.2) is 57.9 Å². The highest BCUT2D eigenvalue weighted by Gasteiger charge is 2.76. The molecule has 5 nitrogen and oxygen atoms in total. The van der Waals surface area contributed by atoms with Crippen LogP contribution in [0, 0.1) is 28.1 Å². The number of allylic oxidation sites excluding steroid dienone is 10. The Hall–Kier alpha value is -2.53. The van der Waals surface area contributed by atoms with E-state index in [9.17, 15) is 14.7 Å². The molecule has 0 radical (unpaired) electrons. The van der Waals surface area contributed by atoms with Gasteiger partial charge < -0.3 is 10.4 Å². The van der Waals surface area contributed by atoms with Crippen LogP contribution in [0.1, 0.15) is 185 Å². The van der Waals surface area contributed by atoms with Crippen LogP contribution in [0.3, 0.4) is 0 Å². The average molecular weight is 732 g/mol. The number of hydrogen-bond acceptors (Lipinski definition) is 5. The van der Waals surface area contributed by atoms with Gasteiger partial charge in [0.1, 0.15) is 5.76 Å². The molecule has 0 amide bonds. The first kappa shape index (κ1) is 44.9. The molecule has 3 saturated carbocycles. The molecule has 5 heteroatoms. The van der Waals surface area contributed by atoms with Crippen molar-refractivity contribution in [1.29, 1.82) is 0 Å². The first-order valence-electron chi connectivity index (χ1n) is 21.3. The highest BCUT2D eigenvalue weighted by Crippen LogP contribution is 2.67. The van der Waals surface area contributed by atoms with Gasteiger partial charge in [0, 0.05) is 23.6 Å². The molecule has 0 aromatic heterocycles. The summed E-state index contributed by atoms with van der Waals surface area (Å²) in [5.74, 6) is -1.81. The lowest BCUT2D eigenvalue weighted by molar-refractivity contribution is -0.180. The van der Waals surface area contributed by atoms with Gasteiger partial charge in [0.2, 0.25) is 0 Å². The molecule has 1 unspecified atom stereocenters. The predicted molar refractivity (Wildman–Crippen MR) is 223 cm³/mol. The third-order valence-electron chi connectivity index (χ3n) is 13.2. The highest BCUT2D eigenvalue weighted by molar-refractivity contribution is 6.33. The van der Waals surface area contributed by atoms with Crippen LogP contribution in [0.4, 0.5) is 0 Å². The van der Waals surface area contributed by atoms with Crippen molar-refractivity contribution in [2.24, 2.45) is 28.1 Å². The molecule has 4 aliphatic carbocycles. The number of aliphatic hydroxyl groups excluding tert-OH is 1. The summed E-state index contributed by atoms with van der Waals surface area (Å²) in [5, 5.41) is 15.8. The van der Waals surface area contributed by atoms with Crippen molar-refractivity contribution in [1.82, 2.24) is 5.32 Å². The van der Waals surface area contributed by atoms with Crippen molar-refractivity contribution < 1.29 is 19.5 Å². The van der Waals surface area contributed by atoms with Crippen LogP contribution in [0.5, 0.6) is 0 Å². The van der Waals surface area contributed by atoms with Crippen LogP contribution in [0.25, 0.3) is 0 Å². The summed E-state index contributed by atoms with van der Waals surface area (Å²) in [6.45, 7) is 21.9. The van der Waals surface area contributed by atoms with Crippen molar-refractivity contribution in [2.75, 3.05) is 0 Å². The first-order valence-corrected chi connectivity index (χ1v) is 21.3. The summed E-state index contributed by atoms with van der Waals surface area (Å²) in [5.41, 5.74) is 0.600. The lowest BCUT2D eigenvalue weighted by atomic mass is 9.37. The molecular formula is C48H77NO4. The number of nitrogens with one attached hydrogen (secondary N) is 1. The van der Waals surface area contributed by atoms with Gasteiger partial charge in [-0.05, 0) is 137 Å². The fourth-order valence-electron chi connectivity index (χ4n) is 9.70. The number of rotatable bonds is 14. The van der Waals surface area contributed by atoms with Gasteiger partial charge in [0.05, 0.1) is 5.41 Å². The van der Waals surface area contributed by atoms with E-state index in [1.807, 2.05) is 74.5 Å². The summed E-state index contributed by atoms with van der Waals surface area (Å²) in [7, 11) is 0. The van der Waals surface area contributed by atoms with Gasteiger partial charge in [-0.1, -0.05) is 106 Å². The molecule has 0 aliphatic heterocycles. The minimum absolute atomic E-state index is 0.112. The summed E-state index contributed by atoms with van der Waals surface area (Å²) >= 11 is 0. The summed E-state index contributed by atoms with van der Waals surface area (Å²) in [4.78, 5) is 44.8. The van der Waals surface area contributed by atoms with Crippen molar-refractivity contribution in [2.45, 2.75) is 197 Å². The minimum Gasteiger partial charge on any atom is -0.511 e. The molecule has 3 fully saturated rings. The maximum Gasteiger partial charge on any atom is 0.184 e. The SMILES string of the molecule is C1CCC(NC2CCCCC2)CC1.CCC(C)C(=O)[C@@]12C(=O)C(CC=C(C)C)=C(O)[C@@](CC=C(C)C)(C[C@H](CC=C(C)C)[C@@]1(C)CCC=C(C)C)C2=O. The molecule has 4 rings (SSSR count). The molecule has 2 N–H and O–H groups in total. The molecule has 0 aromatic carbocycles. The Bertz CT molecular complexity index is 1410. The average Bonchev–Trinajstić information content (AvgIpc) is 3.11. The van der Waals surface area contributed by atoms with E-state index >= 15 is 4.79 Å². The Morgan fingerprint density at radius 2 is 1.30 bits per heavy atom. The zero-order valence-electron chi connectivity index (χ0n) is 35.8. The molecule has 0 aromatic rings. The maximum atomic E-state index is 15.1. The quantitative estimate of drug-likeness (QED) is 0.137. The van der Waals surface area contributed by atoms with Crippen LogP contribution in [-0.4, -0.2) is 34.5 Å². The number of fused-ring (bicyclic) bond motifs is 2. The van der Waals surface area contributed by atoms with E-state index in [1.165, 1.54) is 69.8 Å². The summed E-state index contributed by atoms with van der Waals surface area (Å²) < 4.78 is 0. The van der Waals surface area contributed by atoms with Gasteiger partial charge in [-0.3, -0.25) is 14.4 Å². The number of hydrogen-bond donors (Lipinski definition) is 2. The van der Waals surface area contributed by atoms with Crippen molar-refractivity contribution >= 4 is 17.3 Å². The molecule has 0 heterocycles. The van der Waals surface area contributed by atoms with E-state index in [-0.39, 0.29) is 41.7 Å². The number of carbonyl (C=O) groups excluding carboxylic acids is 3. The molecule has 53 heavy (non-hydrogen) atoms. The van der Waals surface area contributed by atoms with E-state index in [4.69, 9.17) is 0 Å². The van der Waals surface area contributed by atoms with Gasteiger partial charge in [-0.2, -0.15) is 0 Å². The van der Waals surface area contributed by atoms with E-state index in [1.54, 1.807) is 0 Å². The normalized spacial score (nSPS) is 28.3. The first-order chi connectivity index (χ1) is 25.0. The molecular weight excluding hydrogens is 655 g/mol. The van der Waals surface area contributed by atoms with Crippen LogP contribution < -0.4 is 5.32 Å². The second-order valence-electron chi connectivity index (χ2n) is 18.5. The number of aliphatic hydroxyl groups is 1. The summed E-state index contributed by atoms with van der Waals surface area (Å²) in [6.07, 6.45) is 26.1. The van der Waals surface area contributed by atoms with Gasteiger partial charge in [-0.25, -0.2) is 0 Å². The van der Waals surface area contributed by atoms with E-state index in [0.29, 0.717) is 32.1 Å². The molecule has 0 saturated heterocycles. The lowest BCUT2D eigenvalue weighted by Crippen LogP contribution is -2.71. The van der Waals surface area contributed by atoms with E-state index in [2.05, 4.69) is 31.3 Å². The van der Waals surface area contributed by atoms with Crippen LogP contribution in [0.2, 0.25) is 0 Å². The number of carbonyl (C=O) groups is 3. The maximum absolute atomic E-state index is 15.1. The fraction of sp³-hybridized carbons (Fsp3) is 0.729. The third kappa shape index (κ3) is 10.2. The van der Waals surface area contributed by atoms with Crippen molar-refractivity contribution in [3.05, 3.63) is 57.9 Å². The largest absolute Gasteiger partial charge is 0.511 e. The Balaban J connectivity index is 0.000000482. The van der Waals surface area contributed by atoms with E-state index in [0.717, 1.165) is 28.8 Å². The lowest BCUT2D eigenvalue weighted by Gasteiger charge is -2.61. The molecule has 0 spiro atoms. The Morgan fingerprint density at radius 1 is 0.792 bits per heavy atom. The monoisotopic (exact) mass is 732 g/mol. The topological polar surface area (TPSA) is 83.5 Å². The highest BCUT2D eigenvalue weighted by atomic mass is 16.3. The Kier molecular flexibility index (Phi) is 16.8. The van der Waals surface area contributed by atoms with Gasteiger partial charge in [0.15, 0.2) is 22.8 Å². The zero-order valence-corrected chi connectivity index (χ0v) is 35.8. The Morgan fingerprint density at radius 3 is 1.77 bits per heavy atom. The second kappa shape index (κ2) is 19.9. The van der Waals surface area contributed by atoms with Crippen LogP contribution >= 0.6 is 0 Å². The van der Waals surface area contributed by atoms with Gasteiger partial charge in [-0.15, -0.1) is 0 Å². The smallest absolute Gasteiger partial charge is 0.184 e. The third-order valence-corrected chi connectivity index (χ3v) is 13.2. The van der Waals surface area contributed by atoms with Gasteiger partial charge in [0.25, 0.3) is 0 Å². The summed E-state index contributed by atoms with van der Waals surface area (Å²) in [6, 6.07) is 1.74. The van der Waals surface area contributed by atoms with Crippen molar-refractivity contribution in [3.63, 3.8) is 0 Å². The number of ketones is 3. The predicted octanol–water partition coefficient (Wildman–Crippen LogP) is 12.6. The fourth-order valence-corrected chi connectivity index (χ4v) is 9.70. The standard InChI is InChI=1S/C36H54O4.C12H23N/c1-12-27(10)30(37)36-32(39)29(18-16-25(6)7)31(38)35(33(36)40,21-19-26(8)9)22-28(17-15-24(4)5)34(36,11)20-13-14-23(2)3;1-3-7-11(8-4-1)13-12-9-5-2-6-10-12/h14-16,19,27-28,38H,12-13,17-18,20-22H2,1-11H3;11-13H,1-10H2/t27?,28-,34+,35+,36-;/m0./s1. The Labute approximate surface area is 324 Å². The van der Waals surface area contributed by atoms with Crippen LogP contribution in [-0.2, 0) is 14.4 Å². The molecule has 298 valence electrons. The van der Waals surface area contributed by atoms with Gasteiger partial charge >= 0.3 is 0 Å².